The number of amides is 1. The Bertz CT molecular complexity index is 522. The van der Waals surface area contributed by atoms with Gasteiger partial charge in [-0.25, -0.2) is 0 Å². The first-order valence-corrected chi connectivity index (χ1v) is 8.58. The van der Waals surface area contributed by atoms with Crippen molar-refractivity contribution < 1.29 is 9.53 Å². The van der Waals surface area contributed by atoms with E-state index in [1.165, 1.54) is 5.56 Å². The minimum absolute atomic E-state index is 0.0585. The van der Waals surface area contributed by atoms with Gasteiger partial charge < -0.3 is 15.4 Å². The fraction of sp³-hybridized carbons (Fsp3) is 0.611. The third kappa shape index (κ3) is 3.91. The molecule has 5 nitrogen and oxygen atoms in total. The van der Waals surface area contributed by atoms with Crippen LogP contribution >= 0.6 is 0 Å². The zero-order valence-corrected chi connectivity index (χ0v) is 14.0. The van der Waals surface area contributed by atoms with E-state index in [0.717, 1.165) is 45.1 Å². The Morgan fingerprint density at radius 2 is 1.87 bits per heavy atom. The van der Waals surface area contributed by atoms with Crippen molar-refractivity contribution in [3.05, 3.63) is 29.8 Å². The summed E-state index contributed by atoms with van der Waals surface area (Å²) in [6.45, 7) is 9.72. The molecule has 1 aromatic rings. The van der Waals surface area contributed by atoms with Crippen molar-refractivity contribution in [2.24, 2.45) is 11.8 Å². The number of anilines is 1. The van der Waals surface area contributed by atoms with E-state index in [-0.39, 0.29) is 11.8 Å². The topological polar surface area (TPSA) is 53.6 Å². The van der Waals surface area contributed by atoms with Crippen LogP contribution in [0.15, 0.2) is 24.3 Å². The Hall–Kier alpha value is -1.43. The van der Waals surface area contributed by atoms with Gasteiger partial charge in [0.25, 0.3) is 0 Å². The molecule has 2 aliphatic rings. The molecule has 2 N–H and O–H groups in total. The molecule has 0 bridgehead atoms. The van der Waals surface area contributed by atoms with Crippen molar-refractivity contribution >= 4 is 11.6 Å². The zero-order valence-electron chi connectivity index (χ0n) is 14.0. The number of carbonyl (C=O) groups is 1. The Labute approximate surface area is 138 Å². The van der Waals surface area contributed by atoms with Crippen molar-refractivity contribution in [3.63, 3.8) is 0 Å². The number of benzene rings is 1. The highest BCUT2D eigenvalue weighted by atomic mass is 16.5. The molecular weight excluding hydrogens is 290 g/mol. The monoisotopic (exact) mass is 317 g/mol. The molecule has 2 heterocycles. The van der Waals surface area contributed by atoms with E-state index in [0.29, 0.717) is 12.0 Å². The van der Waals surface area contributed by atoms with Gasteiger partial charge in [0.15, 0.2) is 0 Å². The Morgan fingerprint density at radius 3 is 2.43 bits per heavy atom. The third-order valence-electron chi connectivity index (χ3n) is 5.19. The summed E-state index contributed by atoms with van der Waals surface area (Å²) in [6.07, 6.45) is 0. The molecule has 0 saturated carbocycles. The van der Waals surface area contributed by atoms with Gasteiger partial charge in [-0.1, -0.05) is 19.1 Å². The van der Waals surface area contributed by atoms with Gasteiger partial charge in [0, 0.05) is 30.7 Å². The highest BCUT2D eigenvalue weighted by Gasteiger charge is 2.28. The zero-order chi connectivity index (χ0) is 16.2. The maximum atomic E-state index is 12.3. The van der Waals surface area contributed by atoms with E-state index < -0.39 is 0 Å². The lowest BCUT2D eigenvalue weighted by Gasteiger charge is -2.32. The summed E-state index contributed by atoms with van der Waals surface area (Å²) < 4.78 is 5.41. The second kappa shape index (κ2) is 7.43. The predicted molar refractivity (Wildman–Crippen MR) is 91.4 cm³/mol. The molecule has 2 aliphatic heterocycles. The number of nitrogens with zero attached hydrogens (tertiary/aromatic N) is 1. The molecule has 1 aromatic carbocycles. The number of hydrogen-bond acceptors (Lipinski definition) is 4. The summed E-state index contributed by atoms with van der Waals surface area (Å²) in [6, 6.07) is 8.63. The van der Waals surface area contributed by atoms with Crippen LogP contribution < -0.4 is 10.6 Å². The number of nitrogens with one attached hydrogen (secondary N) is 2. The van der Waals surface area contributed by atoms with E-state index in [1.807, 2.05) is 19.1 Å². The molecule has 2 saturated heterocycles. The van der Waals surface area contributed by atoms with Crippen LogP contribution in [0.4, 0.5) is 5.69 Å². The van der Waals surface area contributed by atoms with Gasteiger partial charge in [-0.05, 0) is 43.6 Å². The molecule has 2 unspecified atom stereocenters. The van der Waals surface area contributed by atoms with Gasteiger partial charge >= 0.3 is 0 Å². The molecule has 126 valence electrons. The van der Waals surface area contributed by atoms with Crippen LogP contribution in [-0.2, 0) is 9.53 Å². The van der Waals surface area contributed by atoms with E-state index in [2.05, 4.69) is 34.6 Å². The van der Waals surface area contributed by atoms with E-state index >= 15 is 0 Å². The lowest BCUT2D eigenvalue weighted by Crippen LogP contribution is -2.48. The summed E-state index contributed by atoms with van der Waals surface area (Å²) in [7, 11) is 0. The Kier molecular flexibility index (Phi) is 5.30. The predicted octanol–water partition coefficient (Wildman–Crippen LogP) is 1.87. The van der Waals surface area contributed by atoms with E-state index in [4.69, 9.17) is 4.74 Å². The average molecular weight is 317 g/mol. The van der Waals surface area contributed by atoms with Crippen LogP contribution in [-0.4, -0.2) is 50.2 Å². The molecule has 0 aromatic heterocycles. The van der Waals surface area contributed by atoms with E-state index in [1.54, 1.807) is 0 Å². The molecule has 0 aliphatic carbocycles. The highest BCUT2D eigenvalue weighted by molar-refractivity contribution is 5.92. The Balaban J connectivity index is 1.56. The lowest BCUT2D eigenvalue weighted by molar-refractivity contribution is -0.121. The summed E-state index contributed by atoms with van der Waals surface area (Å²) in [5, 5.41) is 6.25. The van der Waals surface area contributed by atoms with Crippen LogP contribution in [0.25, 0.3) is 0 Å². The second-order valence-electron chi connectivity index (χ2n) is 6.64. The van der Waals surface area contributed by atoms with Crippen molar-refractivity contribution in [2.45, 2.75) is 19.9 Å². The highest BCUT2D eigenvalue weighted by Crippen LogP contribution is 2.23. The molecule has 0 spiro atoms. The maximum Gasteiger partial charge on any atom is 0.227 e. The number of hydrogen-bond donors (Lipinski definition) is 2. The van der Waals surface area contributed by atoms with Gasteiger partial charge in [0.05, 0.1) is 13.2 Å². The minimum Gasteiger partial charge on any atom is -0.379 e. The number of morpholine rings is 1. The summed E-state index contributed by atoms with van der Waals surface area (Å²) >= 11 is 0. The third-order valence-corrected chi connectivity index (χ3v) is 5.19. The molecule has 5 heteroatoms. The van der Waals surface area contributed by atoms with Crippen LogP contribution in [0.5, 0.6) is 0 Å². The first-order chi connectivity index (χ1) is 11.1. The number of ether oxygens (including phenoxy) is 1. The van der Waals surface area contributed by atoms with Crippen LogP contribution in [0.3, 0.4) is 0 Å². The van der Waals surface area contributed by atoms with Crippen LogP contribution in [0, 0.1) is 11.8 Å². The molecule has 1 amide bonds. The van der Waals surface area contributed by atoms with Gasteiger partial charge in [-0.3, -0.25) is 9.69 Å². The van der Waals surface area contributed by atoms with Crippen molar-refractivity contribution in [2.75, 3.05) is 44.7 Å². The van der Waals surface area contributed by atoms with Crippen LogP contribution in [0.2, 0.25) is 0 Å². The molecule has 0 radical (unpaired) electrons. The summed E-state index contributed by atoms with van der Waals surface area (Å²) in [5.74, 6) is 0.643. The van der Waals surface area contributed by atoms with Gasteiger partial charge in [-0.15, -0.1) is 0 Å². The number of carbonyl (C=O) groups excluding carboxylic acids is 1. The maximum absolute atomic E-state index is 12.3. The quantitative estimate of drug-likeness (QED) is 0.870. The SMILES string of the molecule is CC(C(=O)Nc1ccc(C(C)N2CCOCC2)cc1)C1CNC1. The Morgan fingerprint density at radius 1 is 1.22 bits per heavy atom. The molecular formula is C18H27N3O2. The lowest BCUT2D eigenvalue weighted by atomic mass is 9.88. The average Bonchev–Trinajstić information content (AvgIpc) is 2.54. The van der Waals surface area contributed by atoms with Gasteiger partial charge in [-0.2, -0.15) is 0 Å². The van der Waals surface area contributed by atoms with Crippen LogP contribution in [0.1, 0.15) is 25.5 Å². The standard InChI is InChI=1S/C18H27N3O2/c1-13(16-11-19-12-16)18(22)20-17-5-3-15(4-6-17)14(2)21-7-9-23-10-8-21/h3-6,13-14,16,19H,7-12H2,1-2H3,(H,20,22). The fourth-order valence-electron chi connectivity index (χ4n) is 3.16. The summed E-state index contributed by atoms with van der Waals surface area (Å²) in [5.41, 5.74) is 2.16. The van der Waals surface area contributed by atoms with Gasteiger partial charge in [0.1, 0.15) is 0 Å². The smallest absolute Gasteiger partial charge is 0.227 e. The summed E-state index contributed by atoms with van der Waals surface area (Å²) in [4.78, 5) is 14.7. The van der Waals surface area contributed by atoms with Crippen molar-refractivity contribution in [1.82, 2.24) is 10.2 Å². The number of rotatable bonds is 5. The van der Waals surface area contributed by atoms with Crippen molar-refractivity contribution in [3.8, 4) is 0 Å². The second-order valence-corrected chi connectivity index (χ2v) is 6.64. The molecule has 2 atom stereocenters. The van der Waals surface area contributed by atoms with Crippen molar-refractivity contribution in [1.29, 1.82) is 0 Å². The fourth-order valence-corrected chi connectivity index (χ4v) is 3.16. The van der Waals surface area contributed by atoms with Gasteiger partial charge in [0.2, 0.25) is 5.91 Å². The molecule has 23 heavy (non-hydrogen) atoms. The molecule has 3 rings (SSSR count). The minimum atomic E-state index is 0.0585. The molecule has 2 fully saturated rings. The van der Waals surface area contributed by atoms with E-state index in [9.17, 15) is 4.79 Å². The largest absolute Gasteiger partial charge is 0.379 e. The first-order valence-electron chi connectivity index (χ1n) is 8.58. The first kappa shape index (κ1) is 16.4. The normalized spacial score (nSPS) is 22.2.